The van der Waals surface area contributed by atoms with E-state index in [-0.39, 0.29) is 0 Å². The van der Waals surface area contributed by atoms with Crippen LogP contribution in [0.1, 0.15) is 18.9 Å². The number of hydrogen-bond acceptors (Lipinski definition) is 2. The van der Waals surface area contributed by atoms with Crippen molar-refractivity contribution in [3.8, 4) is 0 Å². The topological polar surface area (TPSA) is 55.1 Å². The van der Waals surface area contributed by atoms with E-state index in [0.717, 1.165) is 10.0 Å². The van der Waals surface area contributed by atoms with Crippen molar-refractivity contribution in [2.45, 2.75) is 25.3 Å². The van der Waals surface area contributed by atoms with E-state index < -0.39 is 11.5 Å². The van der Waals surface area contributed by atoms with Crippen LogP contribution in [0.25, 0.3) is 0 Å². The molecule has 0 aliphatic rings. The maximum absolute atomic E-state index is 11.8. The summed E-state index contributed by atoms with van der Waals surface area (Å²) < 4.78 is 2.52. The lowest BCUT2D eigenvalue weighted by Crippen LogP contribution is -2.43. The van der Waals surface area contributed by atoms with Gasteiger partial charge in [0, 0.05) is 23.3 Å². The highest BCUT2D eigenvalue weighted by Gasteiger charge is 2.39. The molecule has 5 heteroatoms. The molecule has 2 rings (SSSR count). The Morgan fingerprint density at radius 2 is 2.11 bits per heavy atom. The van der Waals surface area contributed by atoms with E-state index >= 15 is 0 Å². The minimum Gasteiger partial charge on any atom is -0.479 e. The van der Waals surface area contributed by atoms with E-state index in [0.29, 0.717) is 12.8 Å². The number of aliphatic carboxylic acids is 1. The Morgan fingerprint density at radius 1 is 1.42 bits per heavy atom. The molecule has 0 radical (unpaired) electrons. The molecule has 0 spiro atoms. The van der Waals surface area contributed by atoms with Gasteiger partial charge in [0.2, 0.25) is 0 Å². The van der Waals surface area contributed by atoms with Gasteiger partial charge in [-0.3, -0.25) is 4.68 Å². The SMILES string of the molecule is CCC(Cc1ccc(Br)cc1)(C(=O)O)n1cccn1. The van der Waals surface area contributed by atoms with Gasteiger partial charge in [0.15, 0.2) is 5.54 Å². The first kappa shape index (κ1) is 13.8. The van der Waals surface area contributed by atoms with Crippen LogP contribution in [0.5, 0.6) is 0 Å². The molecular formula is C14H15BrN2O2. The van der Waals surface area contributed by atoms with Gasteiger partial charge in [0.1, 0.15) is 0 Å². The largest absolute Gasteiger partial charge is 0.479 e. The molecule has 19 heavy (non-hydrogen) atoms. The minimum absolute atomic E-state index is 0.411. The quantitative estimate of drug-likeness (QED) is 0.920. The highest BCUT2D eigenvalue weighted by Crippen LogP contribution is 2.26. The van der Waals surface area contributed by atoms with Crippen molar-refractivity contribution in [1.82, 2.24) is 9.78 Å². The third-order valence-corrected chi connectivity index (χ3v) is 3.86. The van der Waals surface area contributed by atoms with Crippen molar-refractivity contribution in [3.05, 3.63) is 52.8 Å². The van der Waals surface area contributed by atoms with Gasteiger partial charge in [-0.25, -0.2) is 4.79 Å². The second-order valence-corrected chi connectivity index (χ2v) is 5.36. The van der Waals surface area contributed by atoms with Crippen LogP contribution in [-0.4, -0.2) is 20.9 Å². The highest BCUT2D eigenvalue weighted by atomic mass is 79.9. The van der Waals surface area contributed by atoms with Crippen LogP contribution in [0, 0.1) is 0 Å². The summed E-state index contributed by atoms with van der Waals surface area (Å²) in [5, 5.41) is 13.8. The summed E-state index contributed by atoms with van der Waals surface area (Å²) in [6, 6.07) is 9.44. The molecule has 1 unspecified atom stereocenters. The number of rotatable bonds is 5. The van der Waals surface area contributed by atoms with Crippen LogP contribution >= 0.6 is 15.9 Å². The first-order valence-electron chi connectivity index (χ1n) is 6.06. The number of nitrogens with zero attached hydrogens (tertiary/aromatic N) is 2. The van der Waals surface area contributed by atoms with Crippen molar-refractivity contribution < 1.29 is 9.90 Å². The summed E-state index contributed by atoms with van der Waals surface area (Å²) >= 11 is 3.38. The van der Waals surface area contributed by atoms with Crippen LogP contribution < -0.4 is 0 Å². The smallest absolute Gasteiger partial charge is 0.331 e. The predicted molar refractivity (Wildman–Crippen MR) is 76.0 cm³/mol. The van der Waals surface area contributed by atoms with Crippen LogP contribution in [0.3, 0.4) is 0 Å². The molecule has 0 fully saturated rings. The fourth-order valence-electron chi connectivity index (χ4n) is 2.15. The van der Waals surface area contributed by atoms with Crippen molar-refractivity contribution in [2.75, 3.05) is 0 Å². The van der Waals surface area contributed by atoms with Crippen LogP contribution in [0.15, 0.2) is 47.2 Å². The van der Waals surface area contributed by atoms with E-state index in [4.69, 9.17) is 0 Å². The molecule has 0 amide bonds. The molecule has 1 aromatic carbocycles. The van der Waals surface area contributed by atoms with Crippen LogP contribution in [-0.2, 0) is 16.8 Å². The average molecular weight is 323 g/mol. The number of carbonyl (C=O) groups is 1. The lowest BCUT2D eigenvalue weighted by molar-refractivity contribution is -0.148. The Hall–Kier alpha value is -1.62. The Bertz CT molecular complexity index is 551. The molecule has 0 bridgehead atoms. The molecule has 0 aliphatic heterocycles. The van der Waals surface area contributed by atoms with E-state index in [1.165, 1.54) is 4.68 Å². The van der Waals surface area contributed by atoms with Gasteiger partial charge in [-0.15, -0.1) is 0 Å². The number of halogens is 1. The molecule has 1 N–H and O–H groups in total. The number of aromatic nitrogens is 2. The number of hydrogen-bond donors (Lipinski definition) is 1. The fourth-order valence-corrected chi connectivity index (χ4v) is 2.42. The van der Waals surface area contributed by atoms with E-state index in [9.17, 15) is 9.90 Å². The zero-order chi connectivity index (χ0) is 13.9. The Kier molecular flexibility index (Phi) is 4.04. The Balaban J connectivity index is 2.39. The molecule has 0 saturated carbocycles. The maximum atomic E-state index is 11.8. The minimum atomic E-state index is -1.03. The van der Waals surface area contributed by atoms with Gasteiger partial charge in [0.25, 0.3) is 0 Å². The van der Waals surface area contributed by atoms with Crippen LogP contribution in [0.2, 0.25) is 0 Å². The zero-order valence-corrected chi connectivity index (χ0v) is 12.2. The van der Waals surface area contributed by atoms with E-state index in [1.807, 2.05) is 31.2 Å². The predicted octanol–water partition coefficient (Wildman–Crippen LogP) is 3.08. The molecule has 1 aromatic heterocycles. The number of carboxylic acids is 1. The summed E-state index contributed by atoms with van der Waals surface area (Å²) in [7, 11) is 0. The molecule has 100 valence electrons. The van der Waals surface area contributed by atoms with Gasteiger partial charge >= 0.3 is 5.97 Å². The van der Waals surface area contributed by atoms with Gasteiger partial charge in [-0.1, -0.05) is 35.0 Å². The van der Waals surface area contributed by atoms with Gasteiger partial charge in [-0.05, 0) is 30.2 Å². The highest BCUT2D eigenvalue weighted by molar-refractivity contribution is 9.10. The summed E-state index contributed by atoms with van der Waals surface area (Å²) in [4.78, 5) is 11.8. The summed E-state index contributed by atoms with van der Waals surface area (Å²) in [6.07, 6.45) is 4.19. The van der Waals surface area contributed by atoms with Crippen molar-refractivity contribution in [1.29, 1.82) is 0 Å². The molecule has 0 aliphatic carbocycles. The van der Waals surface area contributed by atoms with Crippen molar-refractivity contribution in [2.24, 2.45) is 0 Å². The molecular weight excluding hydrogens is 308 g/mol. The van der Waals surface area contributed by atoms with Crippen molar-refractivity contribution in [3.63, 3.8) is 0 Å². The Morgan fingerprint density at radius 3 is 2.58 bits per heavy atom. The first-order valence-corrected chi connectivity index (χ1v) is 6.86. The summed E-state index contributed by atoms with van der Waals surface area (Å²) in [5.74, 6) is -0.860. The average Bonchev–Trinajstić information content (AvgIpc) is 2.92. The molecule has 4 nitrogen and oxygen atoms in total. The summed E-state index contributed by atoms with van der Waals surface area (Å²) in [5.41, 5.74) is -0.0555. The maximum Gasteiger partial charge on any atom is 0.331 e. The second-order valence-electron chi connectivity index (χ2n) is 4.44. The van der Waals surface area contributed by atoms with Crippen LogP contribution in [0.4, 0.5) is 0 Å². The lowest BCUT2D eigenvalue weighted by Gasteiger charge is -2.29. The third-order valence-electron chi connectivity index (χ3n) is 3.34. The van der Waals surface area contributed by atoms with E-state index in [2.05, 4.69) is 21.0 Å². The van der Waals surface area contributed by atoms with E-state index in [1.54, 1.807) is 18.5 Å². The second kappa shape index (κ2) is 5.57. The number of carboxylic acid groups (broad SMARTS) is 1. The Labute approximate surface area is 120 Å². The summed E-state index contributed by atoms with van der Waals surface area (Å²) in [6.45, 7) is 1.87. The third kappa shape index (κ3) is 2.71. The van der Waals surface area contributed by atoms with Crippen molar-refractivity contribution >= 4 is 21.9 Å². The fraction of sp³-hybridized carbons (Fsp3) is 0.286. The van der Waals surface area contributed by atoms with Gasteiger partial charge in [0.05, 0.1) is 0 Å². The first-order chi connectivity index (χ1) is 9.08. The molecule has 2 aromatic rings. The zero-order valence-electron chi connectivity index (χ0n) is 10.6. The normalized spacial score (nSPS) is 14.0. The van der Waals surface area contributed by atoms with Gasteiger partial charge < -0.3 is 5.11 Å². The van der Waals surface area contributed by atoms with Gasteiger partial charge in [-0.2, -0.15) is 5.10 Å². The standard InChI is InChI=1S/C14H15BrN2O2/c1-2-14(13(18)19,17-9-3-8-16-17)10-11-4-6-12(15)7-5-11/h3-9H,2,10H2,1H3,(H,18,19). The number of benzene rings is 1. The lowest BCUT2D eigenvalue weighted by atomic mass is 9.88. The monoisotopic (exact) mass is 322 g/mol. The molecule has 1 heterocycles. The molecule has 1 atom stereocenters. The molecule has 0 saturated heterocycles.